The molecular formula is C20H18BrN5OS2. The van der Waals surface area contributed by atoms with E-state index in [-0.39, 0.29) is 11.7 Å². The van der Waals surface area contributed by atoms with Gasteiger partial charge < -0.3 is 5.32 Å². The summed E-state index contributed by atoms with van der Waals surface area (Å²) >= 11 is 6.66. The molecule has 0 saturated heterocycles. The van der Waals surface area contributed by atoms with E-state index in [4.69, 9.17) is 0 Å². The summed E-state index contributed by atoms with van der Waals surface area (Å²) in [4.78, 5) is 19.4. The van der Waals surface area contributed by atoms with Gasteiger partial charge in [-0.15, -0.1) is 21.5 Å². The lowest BCUT2D eigenvalue weighted by molar-refractivity contribution is -0.118. The van der Waals surface area contributed by atoms with Crippen molar-refractivity contribution in [2.45, 2.75) is 37.4 Å². The lowest BCUT2D eigenvalue weighted by atomic mass is 9.97. The highest BCUT2D eigenvalue weighted by atomic mass is 79.9. The van der Waals surface area contributed by atoms with Crippen LogP contribution in [0.4, 0.5) is 0 Å². The Labute approximate surface area is 184 Å². The first-order chi connectivity index (χ1) is 14.2. The lowest BCUT2D eigenvalue weighted by Crippen LogP contribution is -2.24. The zero-order chi connectivity index (χ0) is 19.8. The van der Waals surface area contributed by atoms with E-state index in [1.54, 1.807) is 17.7 Å². The van der Waals surface area contributed by atoms with Crippen LogP contribution in [-0.2, 0) is 24.2 Å². The molecule has 1 N–H and O–H groups in total. The van der Waals surface area contributed by atoms with Crippen molar-refractivity contribution >= 4 is 60.8 Å². The van der Waals surface area contributed by atoms with Crippen LogP contribution in [0.5, 0.6) is 0 Å². The van der Waals surface area contributed by atoms with Gasteiger partial charge in [0, 0.05) is 15.9 Å². The fourth-order valence-electron chi connectivity index (χ4n) is 3.65. The standard InChI is InChI=1S/C20H18BrN5OS2/c21-14-7-3-1-5-12(14)9-22-16(27)10-28-20-25-24-18-17-13-6-2-4-8-15(13)29-19(17)23-11-26(18)20/h1,3,5,7,11H,2,4,6,8-10H2,(H,22,27). The molecule has 0 aliphatic heterocycles. The molecule has 4 aromatic rings. The molecule has 0 atom stereocenters. The Hall–Kier alpha value is -1.97. The molecule has 0 spiro atoms. The van der Waals surface area contributed by atoms with E-state index >= 15 is 0 Å². The van der Waals surface area contributed by atoms with Gasteiger partial charge in [-0.05, 0) is 42.9 Å². The average Bonchev–Trinajstić information content (AvgIpc) is 3.32. The fraction of sp³-hybridized carbons (Fsp3) is 0.300. The summed E-state index contributed by atoms with van der Waals surface area (Å²) in [6.07, 6.45) is 6.46. The maximum Gasteiger partial charge on any atom is 0.230 e. The van der Waals surface area contributed by atoms with Gasteiger partial charge in [-0.2, -0.15) is 0 Å². The first kappa shape index (κ1) is 19.0. The van der Waals surface area contributed by atoms with Gasteiger partial charge in [0.05, 0.1) is 11.1 Å². The van der Waals surface area contributed by atoms with Crippen LogP contribution in [0.2, 0.25) is 0 Å². The van der Waals surface area contributed by atoms with Crippen LogP contribution in [-0.4, -0.2) is 31.2 Å². The largest absolute Gasteiger partial charge is 0.351 e. The second kappa shape index (κ2) is 8.04. The number of thiophene rings is 1. The number of thioether (sulfide) groups is 1. The zero-order valence-electron chi connectivity index (χ0n) is 15.5. The molecule has 0 unspecified atom stereocenters. The van der Waals surface area contributed by atoms with E-state index in [0.717, 1.165) is 38.7 Å². The molecule has 1 amide bonds. The predicted octanol–water partition coefficient (Wildman–Crippen LogP) is 4.39. The molecule has 0 bridgehead atoms. The Morgan fingerprint density at radius 2 is 2.10 bits per heavy atom. The molecule has 6 nitrogen and oxygen atoms in total. The van der Waals surface area contributed by atoms with Gasteiger partial charge in [0.2, 0.25) is 5.91 Å². The van der Waals surface area contributed by atoms with E-state index in [1.807, 2.05) is 28.7 Å². The van der Waals surface area contributed by atoms with Gasteiger partial charge in [0.25, 0.3) is 0 Å². The van der Waals surface area contributed by atoms with Gasteiger partial charge in [-0.1, -0.05) is 45.9 Å². The van der Waals surface area contributed by atoms with Crippen molar-refractivity contribution in [1.82, 2.24) is 24.9 Å². The molecule has 0 radical (unpaired) electrons. The Kier molecular flexibility index (Phi) is 5.28. The average molecular weight is 488 g/mol. The number of benzene rings is 1. The van der Waals surface area contributed by atoms with Crippen LogP contribution in [0.3, 0.4) is 0 Å². The number of halogens is 1. The molecule has 29 heavy (non-hydrogen) atoms. The maximum absolute atomic E-state index is 12.3. The van der Waals surface area contributed by atoms with Crippen LogP contribution < -0.4 is 5.32 Å². The van der Waals surface area contributed by atoms with E-state index in [1.165, 1.54) is 35.0 Å². The van der Waals surface area contributed by atoms with Crippen molar-refractivity contribution in [2.75, 3.05) is 5.75 Å². The Balaban J connectivity index is 1.32. The number of amides is 1. The summed E-state index contributed by atoms with van der Waals surface area (Å²) in [7, 11) is 0. The summed E-state index contributed by atoms with van der Waals surface area (Å²) in [5.74, 6) is 0.245. The monoisotopic (exact) mass is 487 g/mol. The van der Waals surface area contributed by atoms with Crippen molar-refractivity contribution in [1.29, 1.82) is 0 Å². The van der Waals surface area contributed by atoms with Crippen molar-refractivity contribution in [3.05, 3.63) is 51.1 Å². The number of carbonyl (C=O) groups excluding carboxylic acids is 1. The molecule has 3 aromatic heterocycles. The van der Waals surface area contributed by atoms with Crippen molar-refractivity contribution in [3.8, 4) is 0 Å². The highest BCUT2D eigenvalue weighted by Gasteiger charge is 2.21. The number of hydrogen-bond acceptors (Lipinski definition) is 6. The Morgan fingerprint density at radius 1 is 1.24 bits per heavy atom. The minimum absolute atomic E-state index is 0.0375. The van der Waals surface area contributed by atoms with Crippen LogP contribution >= 0.6 is 39.0 Å². The van der Waals surface area contributed by atoms with Gasteiger partial charge in [0.15, 0.2) is 10.8 Å². The quantitative estimate of drug-likeness (QED) is 0.422. The number of rotatable bonds is 5. The smallest absolute Gasteiger partial charge is 0.230 e. The van der Waals surface area contributed by atoms with E-state index in [2.05, 4.69) is 36.4 Å². The molecule has 1 aliphatic rings. The van der Waals surface area contributed by atoms with Gasteiger partial charge in [-0.25, -0.2) is 4.98 Å². The number of aromatic nitrogens is 4. The number of aryl methyl sites for hydroxylation is 2. The van der Waals surface area contributed by atoms with Gasteiger partial charge >= 0.3 is 0 Å². The van der Waals surface area contributed by atoms with Gasteiger partial charge in [0.1, 0.15) is 11.2 Å². The number of carbonyl (C=O) groups is 1. The SMILES string of the molecule is O=C(CSc1nnc2c3c4c(sc3ncn12)CCCC4)NCc1ccccc1Br. The van der Waals surface area contributed by atoms with Crippen molar-refractivity contribution in [3.63, 3.8) is 0 Å². The third kappa shape index (κ3) is 3.67. The highest BCUT2D eigenvalue weighted by Crippen LogP contribution is 2.37. The summed E-state index contributed by atoms with van der Waals surface area (Å²) in [5.41, 5.74) is 3.29. The third-order valence-corrected chi connectivity index (χ3v) is 8.01. The molecule has 148 valence electrons. The molecular weight excluding hydrogens is 470 g/mol. The van der Waals surface area contributed by atoms with Crippen LogP contribution in [0.15, 0.2) is 40.2 Å². The topological polar surface area (TPSA) is 72.2 Å². The summed E-state index contributed by atoms with van der Waals surface area (Å²) in [6.45, 7) is 0.491. The Bertz CT molecular complexity index is 1220. The minimum atomic E-state index is -0.0375. The van der Waals surface area contributed by atoms with E-state index < -0.39 is 0 Å². The first-order valence-corrected chi connectivity index (χ1v) is 12.1. The summed E-state index contributed by atoms with van der Waals surface area (Å²) in [6, 6.07) is 7.87. The van der Waals surface area contributed by atoms with Crippen molar-refractivity contribution < 1.29 is 4.79 Å². The molecule has 1 aliphatic carbocycles. The van der Waals surface area contributed by atoms with Gasteiger partial charge in [-0.3, -0.25) is 9.20 Å². The van der Waals surface area contributed by atoms with E-state index in [9.17, 15) is 4.79 Å². The highest BCUT2D eigenvalue weighted by molar-refractivity contribution is 9.10. The van der Waals surface area contributed by atoms with E-state index in [0.29, 0.717) is 11.7 Å². The molecule has 3 heterocycles. The maximum atomic E-state index is 12.3. The number of hydrogen-bond donors (Lipinski definition) is 1. The van der Waals surface area contributed by atoms with Crippen LogP contribution in [0.25, 0.3) is 15.9 Å². The fourth-order valence-corrected chi connectivity index (χ4v) is 6.03. The Morgan fingerprint density at radius 3 is 3.00 bits per heavy atom. The minimum Gasteiger partial charge on any atom is -0.351 e. The number of nitrogens with zero attached hydrogens (tertiary/aromatic N) is 4. The van der Waals surface area contributed by atoms with Crippen molar-refractivity contribution in [2.24, 2.45) is 0 Å². The molecule has 9 heteroatoms. The zero-order valence-corrected chi connectivity index (χ0v) is 18.7. The number of nitrogens with one attached hydrogen (secondary N) is 1. The second-order valence-corrected chi connectivity index (χ2v) is 9.85. The molecule has 0 saturated carbocycles. The molecule has 5 rings (SSSR count). The molecule has 1 aromatic carbocycles. The first-order valence-electron chi connectivity index (χ1n) is 9.47. The predicted molar refractivity (Wildman–Crippen MR) is 120 cm³/mol. The van der Waals surface area contributed by atoms with Crippen LogP contribution in [0.1, 0.15) is 28.8 Å². The lowest BCUT2D eigenvalue weighted by Gasteiger charge is -2.10. The number of fused-ring (bicyclic) bond motifs is 5. The molecule has 0 fully saturated rings. The third-order valence-electron chi connectivity index (χ3n) is 5.10. The normalized spacial score (nSPS) is 13.7. The summed E-state index contributed by atoms with van der Waals surface area (Å²) in [5, 5.41) is 13.6. The second-order valence-electron chi connectivity index (χ2n) is 6.97. The van der Waals surface area contributed by atoms with Crippen LogP contribution in [0, 0.1) is 0 Å². The summed E-state index contributed by atoms with van der Waals surface area (Å²) < 4.78 is 2.90.